The van der Waals surface area contributed by atoms with Crippen LogP contribution in [0.25, 0.3) is 22.3 Å². The minimum atomic E-state index is -3.26. The second-order valence-electron chi connectivity index (χ2n) is 10.5. The number of ether oxygens (including phenoxy) is 2. The van der Waals surface area contributed by atoms with Crippen LogP contribution in [0, 0.1) is 0 Å². The number of nitrogen functional groups attached to an aromatic ring is 2. The number of hydrogen-bond acceptors (Lipinski definition) is 18. The fraction of sp³-hybridized carbons (Fsp3) is 0.455. The molecule has 3 fully saturated rings. The van der Waals surface area contributed by atoms with Crippen LogP contribution < -0.4 is 17.0 Å². The Bertz CT molecular complexity index is 1940. The van der Waals surface area contributed by atoms with Crippen LogP contribution in [0.15, 0.2) is 23.8 Å². The van der Waals surface area contributed by atoms with E-state index in [1.165, 1.54) is 28.1 Å². The molecule has 10 atom stereocenters. The van der Waals surface area contributed by atoms with Crippen LogP contribution in [0.2, 0.25) is 0 Å². The molecule has 7 N–H and O–H groups in total. The van der Waals surface area contributed by atoms with E-state index >= 15 is 0 Å². The smallest absolute Gasteiger partial charge is 0.280 e. The van der Waals surface area contributed by atoms with Gasteiger partial charge in [-0.25, -0.2) is 19.9 Å². The molecule has 23 heteroatoms. The van der Waals surface area contributed by atoms with Crippen LogP contribution in [-0.4, -0.2) is 112 Å². The second kappa shape index (κ2) is 11.3. The Morgan fingerprint density at radius 2 is 1.40 bits per heavy atom. The van der Waals surface area contributed by atoms with Crippen LogP contribution in [0.3, 0.4) is 0 Å². The summed E-state index contributed by atoms with van der Waals surface area (Å²) in [6, 6.07) is 0. The standard InChI is InChI=1S/C22H28N10O9P2S2/c1-42(44)37-4-9-15(13(34)21(39-9)32-7-28-11-18(32)29-22(24)30-19(11)35)41-43(2,45)36-3-8-14(40-42)12(33)20(38-8)31-6-27-10-16(23)25-5-26-17(10)31/h5-9,12-15,20-21,33-34,44-45H,1-4H2,(H2,23,25,26)(H3,24,29,30,35)/t8-,9+,12+,13+,14-,15+,20-,21?,42-,43-/m0/s1. The number of nitrogens with zero attached hydrogens (tertiary/aromatic N) is 7. The molecule has 19 nitrogen and oxygen atoms in total. The maximum absolute atomic E-state index is 12.3. The Hall–Kier alpha value is -2.52. The van der Waals surface area contributed by atoms with Crippen molar-refractivity contribution in [2.45, 2.75) is 49.1 Å². The molecule has 4 aromatic heterocycles. The number of nitrogens with one attached hydrogen (secondary N) is 1. The van der Waals surface area contributed by atoms with Crippen LogP contribution in [0.5, 0.6) is 0 Å². The first-order valence-electron chi connectivity index (χ1n) is 13.2. The first-order valence-corrected chi connectivity index (χ1v) is 19.1. The van der Waals surface area contributed by atoms with E-state index in [1.54, 1.807) is 0 Å². The Morgan fingerprint density at radius 1 is 0.867 bits per heavy atom. The number of imidazole rings is 2. The number of aromatic amines is 1. The first-order chi connectivity index (χ1) is 21.3. The second-order valence-corrected chi connectivity index (χ2v) is 17.6. The summed E-state index contributed by atoms with van der Waals surface area (Å²) < 4.78 is 39.5. The molecular weight excluding hydrogens is 674 g/mol. The molecule has 0 radical (unpaired) electrons. The van der Waals surface area contributed by atoms with Crippen LogP contribution in [0.4, 0.5) is 11.8 Å². The molecular formula is C22H28N10O9P2S2. The van der Waals surface area contributed by atoms with Crippen molar-refractivity contribution >= 4 is 84.3 Å². The first kappa shape index (κ1) is 31.1. The van der Waals surface area contributed by atoms with Crippen molar-refractivity contribution in [3.05, 3.63) is 29.3 Å². The highest BCUT2D eigenvalue weighted by atomic mass is 32.7. The SMILES string of the molecule is C=[P@]1(S)OC[C@H]2OC(n3cnc4c(=O)[nH]c(N)nc43)[C@H](O)[C@@H]2O[P@@](=C)(S)OC[C@@H]2O[C@H](n3cnc4c(N)ncnc43)[C@H](O)[C@H]2O1. The van der Waals surface area contributed by atoms with Gasteiger partial charge < -0.3 is 49.2 Å². The van der Waals surface area contributed by atoms with Gasteiger partial charge in [-0.2, -0.15) is 4.98 Å². The van der Waals surface area contributed by atoms with Gasteiger partial charge in [0.25, 0.3) is 5.56 Å². The Morgan fingerprint density at radius 3 is 1.98 bits per heavy atom. The summed E-state index contributed by atoms with van der Waals surface area (Å²) >= 11 is 9.10. The number of hydrogen-bond donors (Lipinski definition) is 7. The largest absolute Gasteiger partial charge is 0.386 e. The molecule has 0 aromatic carbocycles. The molecule has 0 spiro atoms. The minimum Gasteiger partial charge on any atom is -0.386 e. The van der Waals surface area contributed by atoms with Gasteiger partial charge in [-0.15, -0.1) is 0 Å². The summed E-state index contributed by atoms with van der Waals surface area (Å²) in [6.07, 6.45) is 3.18. The van der Waals surface area contributed by atoms with Gasteiger partial charge >= 0.3 is 0 Å². The number of rotatable bonds is 2. The molecule has 1 unspecified atom stereocenters. The van der Waals surface area contributed by atoms with E-state index in [1.807, 2.05) is 0 Å². The van der Waals surface area contributed by atoms with Gasteiger partial charge in [0, 0.05) is 0 Å². The molecule has 0 saturated carbocycles. The highest BCUT2D eigenvalue weighted by Crippen LogP contribution is 2.59. The Balaban J connectivity index is 1.17. The van der Waals surface area contributed by atoms with E-state index < -0.39 is 67.7 Å². The molecule has 7 heterocycles. The van der Waals surface area contributed by atoms with Crippen LogP contribution >= 0.6 is 37.6 Å². The number of anilines is 2. The van der Waals surface area contributed by atoms with E-state index in [-0.39, 0.29) is 36.1 Å². The fourth-order valence-corrected chi connectivity index (χ4v) is 8.65. The predicted molar refractivity (Wildman–Crippen MR) is 170 cm³/mol. The molecule has 3 aliphatic rings. The van der Waals surface area contributed by atoms with E-state index in [4.69, 9.17) is 39.0 Å². The summed E-state index contributed by atoms with van der Waals surface area (Å²) in [5.41, 5.74) is 11.8. The predicted octanol–water partition coefficient (Wildman–Crippen LogP) is -0.294. The topological polar surface area (TPSA) is 255 Å². The third-order valence-corrected chi connectivity index (χ3v) is 11.0. The van der Waals surface area contributed by atoms with Crippen LogP contribution in [-0.2, 0) is 27.6 Å². The lowest BCUT2D eigenvalue weighted by Gasteiger charge is -2.32. The number of thiol groups is 2. The number of nitrogens with two attached hydrogens (primary N) is 2. The Labute approximate surface area is 263 Å². The number of aliphatic hydroxyl groups is 2. The van der Waals surface area contributed by atoms with E-state index in [2.05, 4.69) is 67.0 Å². The molecule has 0 amide bonds. The zero-order valence-corrected chi connectivity index (χ0v) is 26.6. The number of H-pyrrole nitrogens is 1. The van der Waals surface area contributed by atoms with E-state index in [0.29, 0.717) is 11.2 Å². The van der Waals surface area contributed by atoms with Crippen molar-refractivity contribution in [1.82, 2.24) is 39.0 Å². The van der Waals surface area contributed by atoms with Gasteiger partial charge in [-0.1, -0.05) is 24.5 Å². The van der Waals surface area contributed by atoms with Crippen molar-refractivity contribution < 1.29 is 37.8 Å². The Kier molecular flexibility index (Phi) is 7.82. The highest BCUT2D eigenvalue weighted by Gasteiger charge is 2.51. The van der Waals surface area contributed by atoms with Crippen molar-refractivity contribution in [2.75, 3.05) is 24.7 Å². The highest BCUT2D eigenvalue weighted by molar-refractivity contribution is 8.48. The third-order valence-electron chi connectivity index (χ3n) is 7.46. The molecule has 242 valence electrons. The monoisotopic (exact) mass is 702 g/mol. The summed E-state index contributed by atoms with van der Waals surface area (Å²) in [5, 5.41) is 22.8. The van der Waals surface area contributed by atoms with Crippen molar-refractivity contribution in [1.29, 1.82) is 0 Å². The van der Waals surface area contributed by atoms with Crippen LogP contribution in [0.1, 0.15) is 12.5 Å². The molecule has 7 rings (SSSR count). The summed E-state index contributed by atoms with van der Waals surface area (Å²) in [4.78, 5) is 35.3. The van der Waals surface area contributed by atoms with Gasteiger partial charge in [-0.3, -0.25) is 18.9 Å². The molecule has 4 aromatic rings. The van der Waals surface area contributed by atoms with Gasteiger partial charge in [0.15, 0.2) is 48.2 Å². The zero-order valence-electron chi connectivity index (χ0n) is 23.0. The maximum Gasteiger partial charge on any atom is 0.280 e. The third kappa shape index (κ3) is 5.60. The van der Waals surface area contributed by atoms with Gasteiger partial charge in [0.1, 0.15) is 48.5 Å². The molecule has 3 saturated heterocycles. The number of aromatic nitrogens is 8. The number of fused-ring (bicyclic) bond motifs is 4. The fourth-order valence-electron chi connectivity index (χ4n) is 5.43. The van der Waals surface area contributed by atoms with Crippen molar-refractivity contribution in [3.8, 4) is 0 Å². The molecule has 0 bridgehead atoms. The number of aliphatic hydroxyl groups excluding tert-OH is 2. The summed E-state index contributed by atoms with van der Waals surface area (Å²) in [5.74, 6) is 0.0177. The summed E-state index contributed by atoms with van der Waals surface area (Å²) in [6.45, 7) is -6.93. The molecule has 3 aliphatic heterocycles. The summed E-state index contributed by atoms with van der Waals surface area (Å²) in [7, 11) is 0. The van der Waals surface area contributed by atoms with E-state index in [0.717, 1.165) is 0 Å². The van der Waals surface area contributed by atoms with E-state index in [9.17, 15) is 15.0 Å². The quantitative estimate of drug-likeness (QED) is 0.105. The molecule has 45 heavy (non-hydrogen) atoms. The lowest BCUT2D eigenvalue weighted by Crippen LogP contribution is -2.38. The van der Waals surface area contributed by atoms with Gasteiger partial charge in [0.2, 0.25) is 5.95 Å². The van der Waals surface area contributed by atoms with Crippen molar-refractivity contribution in [3.63, 3.8) is 0 Å². The van der Waals surface area contributed by atoms with Gasteiger partial charge in [0.05, 0.1) is 25.9 Å². The van der Waals surface area contributed by atoms with Crippen molar-refractivity contribution in [2.24, 2.45) is 0 Å². The lowest BCUT2D eigenvalue weighted by molar-refractivity contribution is -0.0529. The average molecular weight is 703 g/mol. The minimum absolute atomic E-state index is 0.00550. The van der Waals surface area contributed by atoms with Gasteiger partial charge in [-0.05, 0) is 12.6 Å². The average Bonchev–Trinajstić information content (AvgIpc) is 3.72. The zero-order chi connectivity index (χ0) is 31.8. The maximum atomic E-state index is 12.3. The normalized spacial score (nSPS) is 37.7. The molecule has 0 aliphatic carbocycles. The lowest BCUT2D eigenvalue weighted by atomic mass is 10.1.